The van der Waals surface area contributed by atoms with E-state index in [2.05, 4.69) is 11.1 Å². The van der Waals surface area contributed by atoms with Gasteiger partial charge in [-0.25, -0.2) is 4.79 Å². The molecule has 2 heterocycles. The fourth-order valence-corrected chi connectivity index (χ4v) is 2.77. The Labute approximate surface area is 151 Å². The number of nitrogens with zero attached hydrogens (tertiary/aromatic N) is 4. The van der Waals surface area contributed by atoms with Gasteiger partial charge in [-0.1, -0.05) is 6.07 Å². The summed E-state index contributed by atoms with van der Waals surface area (Å²) >= 11 is 0. The Bertz CT molecular complexity index is 911. The molecule has 3 rings (SSSR count). The second-order valence-corrected chi connectivity index (χ2v) is 7.16. The molecule has 7 heteroatoms. The van der Waals surface area contributed by atoms with Crippen molar-refractivity contribution in [3.8, 4) is 6.07 Å². The number of ether oxygens (including phenoxy) is 1. The minimum absolute atomic E-state index is 0.0201. The molecule has 2 aromatic rings. The van der Waals surface area contributed by atoms with E-state index in [4.69, 9.17) is 10.00 Å². The first kappa shape index (κ1) is 17.7. The number of fused-ring (bicyclic) bond motifs is 1. The number of anilines is 1. The zero-order chi connectivity index (χ0) is 18.9. The molecule has 1 aliphatic rings. The molecule has 0 atom stereocenters. The molecule has 134 valence electrons. The second kappa shape index (κ2) is 6.64. The summed E-state index contributed by atoms with van der Waals surface area (Å²) in [6.45, 7) is 6.15. The molecule has 0 aliphatic carbocycles. The Morgan fingerprint density at radius 2 is 2.04 bits per heavy atom. The highest BCUT2D eigenvalue weighted by atomic mass is 16.6. The fraction of sp³-hybridized carbons (Fsp3) is 0.368. The summed E-state index contributed by atoms with van der Waals surface area (Å²) in [6, 6.07) is 9.30. The number of amides is 2. The maximum atomic E-state index is 12.5. The standard InChI is InChI=1S/C19H20N4O3/c1-19(2,3)26-18(25)22-6-7-23(17(24)12-22)15-5-4-14-8-13(10-20)11-21-16(14)9-15/h4-5,8-9,11H,6-7,12H2,1-3H3. The number of nitriles is 1. The lowest BCUT2D eigenvalue weighted by Crippen LogP contribution is -2.53. The van der Waals surface area contributed by atoms with Gasteiger partial charge in [0, 0.05) is 30.4 Å². The van der Waals surface area contributed by atoms with Crippen LogP contribution in [-0.2, 0) is 9.53 Å². The first-order valence-electron chi connectivity index (χ1n) is 8.35. The molecule has 1 aromatic carbocycles. The zero-order valence-corrected chi connectivity index (χ0v) is 15.0. The molecule has 0 N–H and O–H groups in total. The van der Waals surface area contributed by atoms with Gasteiger partial charge in [0.1, 0.15) is 18.2 Å². The van der Waals surface area contributed by atoms with Crippen molar-refractivity contribution >= 4 is 28.6 Å². The highest BCUT2D eigenvalue weighted by Gasteiger charge is 2.30. The van der Waals surface area contributed by atoms with Crippen LogP contribution in [0.1, 0.15) is 26.3 Å². The average molecular weight is 352 g/mol. The van der Waals surface area contributed by atoms with E-state index in [1.807, 2.05) is 18.2 Å². The van der Waals surface area contributed by atoms with Crippen molar-refractivity contribution in [1.82, 2.24) is 9.88 Å². The van der Waals surface area contributed by atoms with Crippen molar-refractivity contribution in [2.45, 2.75) is 26.4 Å². The minimum Gasteiger partial charge on any atom is -0.444 e. The van der Waals surface area contributed by atoms with E-state index in [-0.39, 0.29) is 12.5 Å². The van der Waals surface area contributed by atoms with E-state index in [0.29, 0.717) is 24.2 Å². The van der Waals surface area contributed by atoms with E-state index < -0.39 is 11.7 Å². The molecular weight excluding hydrogens is 332 g/mol. The van der Waals surface area contributed by atoms with Crippen LogP contribution < -0.4 is 4.90 Å². The molecule has 1 aliphatic heterocycles. The summed E-state index contributed by atoms with van der Waals surface area (Å²) < 4.78 is 5.33. The lowest BCUT2D eigenvalue weighted by molar-refractivity contribution is -0.121. The Hall–Kier alpha value is -3.14. The highest BCUT2D eigenvalue weighted by molar-refractivity contribution is 5.99. The van der Waals surface area contributed by atoms with Crippen LogP contribution in [0.5, 0.6) is 0 Å². The summed E-state index contributed by atoms with van der Waals surface area (Å²) in [5, 5.41) is 9.79. The smallest absolute Gasteiger partial charge is 0.410 e. The van der Waals surface area contributed by atoms with Crippen LogP contribution in [0.3, 0.4) is 0 Å². The zero-order valence-electron chi connectivity index (χ0n) is 15.0. The van der Waals surface area contributed by atoms with Crippen LogP contribution in [-0.4, -0.2) is 47.1 Å². The topological polar surface area (TPSA) is 86.5 Å². The number of carbonyl (C=O) groups is 2. The molecular formula is C19H20N4O3. The molecule has 0 bridgehead atoms. The van der Waals surface area contributed by atoms with Crippen LogP contribution in [0, 0.1) is 11.3 Å². The molecule has 1 saturated heterocycles. The number of aromatic nitrogens is 1. The molecule has 7 nitrogen and oxygen atoms in total. The first-order chi connectivity index (χ1) is 12.3. The Morgan fingerprint density at radius 3 is 2.69 bits per heavy atom. The number of benzene rings is 1. The van der Waals surface area contributed by atoms with Crippen LogP contribution in [0.4, 0.5) is 10.5 Å². The lowest BCUT2D eigenvalue weighted by Gasteiger charge is -2.35. The van der Waals surface area contributed by atoms with Gasteiger partial charge in [0.05, 0.1) is 11.1 Å². The Kier molecular flexibility index (Phi) is 4.51. The number of hydrogen-bond donors (Lipinski definition) is 0. The normalized spacial score (nSPS) is 15.1. The third-order valence-corrected chi connectivity index (χ3v) is 3.98. The number of carbonyl (C=O) groups excluding carboxylic acids is 2. The molecule has 0 spiro atoms. The maximum Gasteiger partial charge on any atom is 0.410 e. The van der Waals surface area contributed by atoms with Gasteiger partial charge in [0.15, 0.2) is 0 Å². The van der Waals surface area contributed by atoms with E-state index >= 15 is 0 Å². The van der Waals surface area contributed by atoms with Crippen molar-refractivity contribution in [3.63, 3.8) is 0 Å². The number of piperazine rings is 1. The van der Waals surface area contributed by atoms with Gasteiger partial charge >= 0.3 is 6.09 Å². The van der Waals surface area contributed by atoms with Gasteiger partial charge < -0.3 is 9.64 Å². The number of hydrogen-bond acceptors (Lipinski definition) is 5. The molecule has 26 heavy (non-hydrogen) atoms. The molecule has 0 unspecified atom stereocenters. The van der Waals surface area contributed by atoms with E-state index in [9.17, 15) is 9.59 Å². The average Bonchev–Trinajstić information content (AvgIpc) is 2.59. The predicted molar refractivity (Wildman–Crippen MR) is 96.6 cm³/mol. The van der Waals surface area contributed by atoms with Crippen molar-refractivity contribution in [3.05, 3.63) is 36.0 Å². The van der Waals surface area contributed by atoms with Gasteiger partial charge in [-0.3, -0.25) is 14.7 Å². The van der Waals surface area contributed by atoms with Gasteiger partial charge in [-0.15, -0.1) is 0 Å². The van der Waals surface area contributed by atoms with E-state index in [1.54, 1.807) is 31.7 Å². The third kappa shape index (κ3) is 3.75. The summed E-state index contributed by atoms with van der Waals surface area (Å²) in [5.74, 6) is -0.171. The molecule has 2 amide bonds. The minimum atomic E-state index is -0.594. The Morgan fingerprint density at radius 1 is 1.27 bits per heavy atom. The van der Waals surface area contributed by atoms with E-state index in [1.165, 1.54) is 11.1 Å². The first-order valence-corrected chi connectivity index (χ1v) is 8.35. The van der Waals surface area contributed by atoms with Crippen LogP contribution in [0.25, 0.3) is 10.9 Å². The summed E-state index contributed by atoms with van der Waals surface area (Å²) in [6.07, 6.45) is 1.03. The van der Waals surface area contributed by atoms with E-state index in [0.717, 1.165) is 11.1 Å². The lowest BCUT2D eigenvalue weighted by atomic mass is 10.1. The maximum absolute atomic E-state index is 12.5. The molecule has 0 saturated carbocycles. The second-order valence-electron chi connectivity index (χ2n) is 7.16. The van der Waals surface area contributed by atoms with Crippen molar-refractivity contribution in [2.24, 2.45) is 0 Å². The van der Waals surface area contributed by atoms with Gasteiger partial charge in [-0.05, 0) is 39.0 Å². The largest absolute Gasteiger partial charge is 0.444 e. The predicted octanol–water partition coefficient (Wildman–Crippen LogP) is 2.69. The van der Waals surface area contributed by atoms with Crippen LogP contribution in [0.2, 0.25) is 0 Å². The van der Waals surface area contributed by atoms with Gasteiger partial charge in [-0.2, -0.15) is 5.26 Å². The highest BCUT2D eigenvalue weighted by Crippen LogP contribution is 2.23. The number of pyridine rings is 1. The summed E-state index contributed by atoms with van der Waals surface area (Å²) in [5.41, 5.74) is 1.34. The molecule has 0 radical (unpaired) electrons. The molecule has 1 fully saturated rings. The van der Waals surface area contributed by atoms with Crippen molar-refractivity contribution in [1.29, 1.82) is 5.26 Å². The van der Waals surface area contributed by atoms with Crippen LogP contribution in [0.15, 0.2) is 30.5 Å². The SMILES string of the molecule is CC(C)(C)OC(=O)N1CCN(c2ccc3cc(C#N)cnc3c2)C(=O)C1. The summed E-state index contributed by atoms with van der Waals surface area (Å²) in [7, 11) is 0. The number of rotatable bonds is 1. The monoisotopic (exact) mass is 352 g/mol. The van der Waals surface area contributed by atoms with Crippen molar-refractivity contribution < 1.29 is 14.3 Å². The van der Waals surface area contributed by atoms with Crippen LogP contribution >= 0.6 is 0 Å². The van der Waals surface area contributed by atoms with Gasteiger partial charge in [0.2, 0.25) is 5.91 Å². The summed E-state index contributed by atoms with van der Waals surface area (Å²) in [4.78, 5) is 32.0. The fourth-order valence-electron chi connectivity index (χ4n) is 2.77. The quantitative estimate of drug-likeness (QED) is 0.787. The van der Waals surface area contributed by atoms with Gasteiger partial charge in [0.25, 0.3) is 0 Å². The Balaban J connectivity index is 1.75. The third-order valence-electron chi connectivity index (χ3n) is 3.98. The van der Waals surface area contributed by atoms with Crippen molar-refractivity contribution in [2.75, 3.05) is 24.5 Å². The molecule has 1 aromatic heterocycles.